The molecule has 1 aliphatic heterocycles. The van der Waals surface area contributed by atoms with Crippen LogP contribution in [-0.4, -0.2) is 22.7 Å². The Morgan fingerprint density at radius 3 is 2.50 bits per heavy atom. The smallest absolute Gasteiger partial charge is 0.283 e. The van der Waals surface area contributed by atoms with E-state index in [-0.39, 0.29) is 29.1 Å². The Hall–Kier alpha value is -3.42. The van der Waals surface area contributed by atoms with Gasteiger partial charge in [0, 0.05) is 10.7 Å². The molecule has 1 aliphatic rings. The number of hydrogen-bond donors (Lipinski definition) is 1. The first-order chi connectivity index (χ1) is 16.4. The molecule has 4 rings (SSSR count). The van der Waals surface area contributed by atoms with E-state index in [4.69, 9.17) is 11.6 Å². The van der Waals surface area contributed by atoms with Crippen molar-refractivity contribution in [1.29, 1.82) is 0 Å². The maximum absolute atomic E-state index is 13.4. The van der Waals surface area contributed by atoms with Gasteiger partial charge in [-0.3, -0.25) is 14.5 Å². The summed E-state index contributed by atoms with van der Waals surface area (Å²) < 4.78 is 13.3. The number of hydrogen-bond acceptors (Lipinski definition) is 4. The third-order valence-electron chi connectivity index (χ3n) is 5.08. The minimum absolute atomic E-state index is 0.0589. The van der Waals surface area contributed by atoms with Crippen LogP contribution in [0.2, 0.25) is 5.02 Å². The molecule has 172 valence electrons. The van der Waals surface area contributed by atoms with Gasteiger partial charge in [0.1, 0.15) is 11.5 Å². The van der Waals surface area contributed by atoms with Crippen LogP contribution in [0.3, 0.4) is 0 Å². The lowest BCUT2D eigenvalue weighted by molar-refractivity contribution is -0.114. The number of rotatable bonds is 6. The van der Waals surface area contributed by atoms with Crippen LogP contribution in [0.5, 0.6) is 0 Å². The van der Waals surface area contributed by atoms with Gasteiger partial charge in [-0.1, -0.05) is 60.6 Å². The van der Waals surface area contributed by atoms with Gasteiger partial charge >= 0.3 is 0 Å². The lowest BCUT2D eigenvalue weighted by Gasteiger charge is -2.20. The summed E-state index contributed by atoms with van der Waals surface area (Å²) >= 11 is 7.07. The van der Waals surface area contributed by atoms with Gasteiger partial charge in [0.2, 0.25) is 5.91 Å². The van der Waals surface area contributed by atoms with Crippen molar-refractivity contribution in [2.75, 3.05) is 16.0 Å². The molecular weight excluding hydrogens is 473 g/mol. The Morgan fingerprint density at radius 1 is 1.09 bits per heavy atom. The number of carbonyl (C=O) groups is 2. The highest BCUT2D eigenvalue weighted by Gasteiger charge is 2.33. The number of benzene rings is 3. The van der Waals surface area contributed by atoms with E-state index in [0.29, 0.717) is 21.4 Å². The van der Waals surface area contributed by atoms with Crippen LogP contribution in [0.25, 0.3) is 6.08 Å². The minimum atomic E-state index is -0.357. The number of nitrogens with one attached hydrogen (secondary N) is 1. The minimum Gasteiger partial charge on any atom is -0.325 e. The zero-order valence-corrected chi connectivity index (χ0v) is 19.9. The molecule has 0 atom stereocenters. The number of thioether (sulfide) groups is 1. The monoisotopic (exact) mass is 493 g/mol. The Balaban J connectivity index is 1.59. The van der Waals surface area contributed by atoms with Crippen LogP contribution in [-0.2, 0) is 16.0 Å². The van der Waals surface area contributed by atoms with Crippen molar-refractivity contribution in [3.05, 3.63) is 100 Å². The van der Waals surface area contributed by atoms with Crippen molar-refractivity contribution in [1.82, 2.24) is 0 Å². The predicted molar refractivity (Wildman–Crippen MR) is 138 cm³/mol. The molecule has 0 aromatic heterocycles. The lowest BCUT2D eigenvalue weighted by atomic mass is 10.1. The van der Waals surface area contributed by atoms with Crippen LogP contribution in [0.4, 0.5) is 15.8 Å². The molecule has 0 saturated heterocycles. The second-order valence-corrected chi connectivity index (χ2v) is 8.82. The van der Waals surface area contributed by atoms with Gasteiger partial charge in [-0.05, 0) is 66.1 Å². The molecule has 0 unspecified atom stereocenters. The lowest BCUT2D eigenvalue weighted by Crippen LogP contribution is -2.32. The standard InChI is InChI=1S/C26H21ClFN3O2S/c1-2-18-5-3-4-6-23(18)31-25(33)22(15-17-7-11-20(28)12-8-17)30-26(31)34-16-24(32)29-21-13-9-19(27)10-14-21/h3-15H,2,16H2,1H3,(H,29,32)/b22-15-. The zero-order chi connectivity index (χ0) is 24.1. The van der Waals surface area contributed by atoms with E-state index in [0.717, 1.165) is 17.7 Å². The van der Waals surface area contributed by atoms with E-state index in [1.165, 1.54) is 28.8 Å². The molecule has 0 saturated carbocycles. The van der Waals surface area contributed by atoms with Crippen molar-refractivity contribution in [3.63, 3.8) is 0 Å². The largest absolute Gasteiger partial charge is 0.325 e. The molecule has 0 aliphatic carbocycles. The second-order valence-electron chi connectivity index (χ2n) is 7.44. The summed E-state index contributed by atoms with van der Waals surface area (Å²) in [5.41, 5.74) is 3.21. The fraction of sp³-hybridized carbons (Fsp3) is 0.115. The number of para-hydroxylation sites is 1. The van der Waals surface area contributed by atoms with E-state index in [2.05, 4.69) is 10.3 Å². The number of amidine groups is 1. The zero-order valence-electron chi connectivity index (χ0n) is 18.3. The van der Waals surface area contributed by atoms with Crippen molar-refractivity contribution in [3.8, 4) is 0 Å². The van der Waals surface area contributed by atoms with Crippen molar-refractivity contribution >= 4 is 57.8 Å². The van der Waals surface area contributed by atoms with E-state index in [9.17, 15) is 14.0 Å². The average molecular weight is 494 g/mol. The summed E-state index contributed by atoms with van der Waals surface area (Å²) in [6, 6.07) is 20.2. The molecule has 5 nitrogen and oxygen atoms in total. The Morgan fingerprint density at radius 2 is 1.79 bits per heavy atom. The second kappa shape index (κ2) is 10.7. The van der Waals surface area contributed by atoms with Gasteiger partial charge in [0.05, 0.1) is 11.4 Å². The number of nitrogens with zero attached hydrogens (tertiary/aromatic N) is 2. The molecule has 1 N–H and O–H groups in total. The Kier molecular flexibility index (Phi) is 7.45. The summed E-state index contributed by atoms with van der Waals surface area (Å²) in [5.74, 6) is -0.832. The molecule has 0 spiro atoms. The molecular formula is C26H21ClFN3O2S. The highest BCUT2D eigenvalue weighted by atomic mass is 35.5. The average Bonchev–Trinajstić information content (AvgIpc) is 3.15. The number of aliphatic imine (C=N–C) groups is 1. The first-order valence-electron chi connectivity index (χ1n) is 10.6. The molecule has 0 radical (unpaired) electrons. The number of aryl methyl sites for hydroxylation is 1. The number of amides is 2. The Bertz CT molecular complexity index is 1270. The molecule has 0 fully saturated rings. The van der Waals surface area contributed by atoms with Crippen LogP contribution in [0.15, 0.2) is 83.5 Å². The summed E-state index contributed by atoms with van der Waals surface area (Å²) in [7, 11) is 0. The van der Waals surface area contributed by atoms with E-state index in [1.54, 1.807) is 42.5 Å². The summed E-state index contributed by atoms with van der Waals surface area (Å²) in [4.78, 5) is 32.0. The molecule has 3 aromatic carbocycles. The third-order valence-corrected chi connectivity index (χ3v) is 6.27. The molecule has 1 heterocycles. The first-order valence-corrected chi connectivity index (χ1v) is 12.0. The van der Waals surface area contributed by atoms with E-state index in [1.807, 2.05) is 31.2 Å². The van der Waals surface area contributed by atoms with Gasteiger partial charge < -0.3 is 5.32 Å². The van der Waals surface area contributed by atoms with Crippen molar-refractivity contribution < 1.29 is 14.0 Å². The maximum atomic E-state index is 13.4. The van der Waals surface area contributed by atoms with Crippen molar-refractivity contribution in [2.24, 2.45) is 4.99 Å². The van der Waals surface area contributed by atoms with E-state index < -0.39 is 0 Å². The fourth-order valence-electron chi connectivity index (χ4n) is 3.41. The first kappa shape index (κ1) is 23.7. The van der Waals surface area contributed by atoms with Crippen molar-refractivity contribution in [2.45, 2.75) is 13.3 Å². The highest BCUT2D eigenvalue weighted by molar-refractivity contribution is 8.14. The van der Waals surface area contributed by atoms with Crippen LogP contribution in [0, 0.1) is 5.82 Å². The molecule has 0 bridgehead atoms. The van der Waals surface area contributed by atoms with Crippen LogP contribution >= 0.6 is 23.4 Å². The molecule has 2 amide bonds. The maximum Gasteiger partial charge on any atom is 0.283 e. The van der Waals surface area contributed by atoms with Gasteiger partial charge in [0.15, 0.2) is 5.17 Å². The summed E-state index contributed by atoms with van der Waals surface area (Å²) in [6.07, 6.45) is 2.34. The predicted octanol–water partition coefficient (Wildman–Crippen LogP) is 6.16. The van der Waals surface area contributed by atoms with Crippen LogP contribution in [0.1, 0.15) is 18.1 Å². The van der Waals surface area contributed by atoms with Gasteiger partial charge in [-0.15, -0.1) is 0 Å². The topological polar surface area (TPSA) is 61.8 Å². The summed E-state index contributed by atoms with van der Waals surface area (Å²) in [6.45, 7) is 2.01. The quantitative estimate of drug-likeness (QED) is 0.418. The van der Waals surface area contributed by atoms with Gasteiger partial charge in [-0.2, -0.15) is 0 Å². The normalized spacial score (nSPS) is 14.4. The number of halogens is 2. The molecule has 3 aromatic rings. The Labute approximate surface area is 206 Å². The molecule has 34 heavy (non-hydrogen) atoms. The van der Waals surface area contributed by atoms with Gasteiger partial charge in [-0.25, -0.2) is 9.38 Å². The summed E-state index contributed by atoms with van der Waals surface area (Å²) in [5, 5.41) is 3.80. The molecule has 8 heteroatoms. The number of carbonyl (C=O) groups excluding carboxylic acids is 2. The fourth-order valence-corrected chi connectivity index (χ4v) is 4.34. The van der Waals surface area contributed by atoms with E-state index >= 15 is 0 Å². The van der Waals surface area contributed by atoms with Gasteiger partial charge in [0.25, 0.3) is 5.91 Å². The third kappa shape index (κ3) is 5.55. The van der Waals surface area contributed by atoms with Crippen LogP contribution < -0.4 is 10.2 Å². The highest BCUT2D eigenvalue weighted by Crippen LogP contribution is 2.32. The number of anilines is 2. The SMILES string of the molecule is CCc1ccccc1N1C(=O)/C(=C/c2ccc(F)cc2)N=C1SCC(=O)Nc1ccc(Cl)cc1.